The van der Waals surface area contributed by atoms with Crippen molar-refractivity contribution in [3.05, 3.63) is 28.2 Å². The molecular formula is C13H21BrN2O2S. The van der Waals surface area contributed by atoms with Gasteiger partial charge in [-0.1, -0.05) is 26.8 Å². The summed E-state index contributed by atoms with van der Waals surface area (Å²) in [5.74, 6) is 0. The summed E-state index contributed by atoms with van der Waals surface area (Å²) in [6.45, 7) is 8.22. The molecule has 0 aliphatic heterocycles. The van der Waals surface area contributed by atoms with Crippen LogP contribution in [0.1, 0.15) is 33.3 Å². The number of hydrogen-bond donors (Lipinski definition) is 2. The molecule has 1 unspecified atom stereocenters. The summed E-state index contributed by atoms with van der Waals surface area (Å²) in [6, 6.07) is 4.86. The van der Waals surface area contributed by atoms with Gasteiger partial charge in [-0.3, -0.25) is 0 Å². The largest absolute Gasteiger partial charge is 0.326 e. The molecule has 1 rings (SSSR count). The zero-order valence-corrected chi connectivity index (χ0v) is 14.1. The van der Waals surface area contributed by atoms with Crippen LogP contribution in [0.25, 0.3) is 0 Å². The number of halogens is 1. The van der Waals surface area contributed by atoms with Crippen LogP contribution in [0.5, 0.6) is 0 Å². The highest BCUT2D eigenvalue weighted by molar-refractivity contribution is 9.10. The number of rotatable bonds is 4. The average Bonchev–Trinajstić information content (AvgIpc) is 2.26. The van der Waals surface area contributed by atoms with Crippen molar-refractivity contribution >= 4 is 26.0 Å². The Morgan fingerprint density at radius 2 is 1.95 bits per heavy atom. The minimum absolute atomic E-state index is 0.142. The molecule has 6 heteroatoms. The predicted molar refractivity (Wildman–Crippen MR) is 81.3 cm³/mol. The van der Waals surface area contributed by atoms with Crippen molar-refractivity contribution < 1.29 is 8.42 Å². The van der Waals surface area contributed by atoms with Gasteiger partial charge in [0.15, 0.2) is 0 Å². The lowest BCUT2D eigenvalue weighted by Gasteiger charge is -2.28. The van der Waals surface area contributed by atoms with Crippen molar-refractivity contribution in [3.8, 4) is 0 Å². The van der Waals surface area contributed by atoms with Gasteiger partial charge in [-0.05, 0) is 46.0 Å². The van der Waals surface area contributed by atoms with Crippen LogP contribution in [-0.2, 0) is 16.6 Å². The van der Waals surface area contributed by atoms with Crippen molar-refractivity contribution in [2.45, 2.75) is 45.2 Å². The van der Waals surface area contributed by atoms with Crippen LogP contribution >= 0.6 is 15.9 Å². The van der Waals surface area contributed by atoms with Gasteiger partial charge in [0.2, 0.25) is 10.0 Å². The molecule has 0 saturated heterocycles. The summed E-state index contributed by atoms with van der Waals surface area (Å²) in [5, 5.41) is 0. The highest BCUT2D eigenvalue weighted by Gasteiger charge is 2.27. The molecule has 1 atom stereocenters. The molecule has 0 aliphatic carbocycles. The molecule has 1 aromatic carbocycles. The summed E-state index contributed by atoms with van der Waals surface area (Å²) < 4.78 is 27.9. The lowest BCUT2D eigenvalue weighted by molar-refractivity contribution is 0.317. The summed E-state index contributed by atoms with van der Waals surface area (Å²) in [4.78, 5) is 0.237. The van der Waals surface area contributed by atoms with Crippen LogP contribution in [0.15, 0.2) is 27.6 Å². The topological polar surface area (TPSA) is 72.2 Å². The van der Waals surface area contributed by atoms with Gasteiger partial charge in [0.05, 0.1) is 4.90 Å². The Hall–Kier alpha value is -0.430. The maximum Gasteiger partial charge on any atom is 0.241 e. The fourth-order valence-electron chi connectivity index (χ4n) is 1.36. The van der Waals surface area contributed by atoms with E-state index in [1.807, 2.05) is 27.7 Å². The number of nitrogens with two attached hydrogens (primary N) is 1. The molecule has 0 spiro atoms. The first-order valence-electron chi connectivity index (χ1n) is 6.09. The molecular weight excluding hydrogens is 328 g/mol. The van der Waals surface area contributed by atoms with Crippen LogP contribution in [-0.4, -0.2) is 14.5 Å². The SMILES string of the molecule is CC(NS(=O)(=O)c1ccc(CN)cc1Br)C(C)(C)C. The summed E-state index contributed by atoms with van der Waals surface area (Å²) in [5.41, 5.74) is 6.27. The van der Waals surface area contributed by atoms with E-state index >= 15 is 0 Å². The number of nitrogens with one attached hydrogen (secondary N) is 1. The van der Waals surface area contributed by atoms with Gasteiger partial charge in [0.1, 0.15) is 0 Å². The normalized spacial score (nSPS) is 14.4. The maximum atomic E-state index is 12.3. The van der Waals surface area contributed by atoms with Crippen molar-refractivity contribution in [2.24, 2.45) is 11.1 Å². The molecule has 19 heavy (non-hydrogen) atoms. The van der Waals surface area contributed by atoms with Crippen LogP contribution in [0, 0.1) is 5.41 Å². The van der Waals surface area contributed by atoms with Crippen LogP contribution in [0.3, 0.4) is 0 Å². The fraction of sp³-hybridized carbons (Fsp3) is 0.538. The van der Waals surface area contributed by atoms with Gasteiger partial charge in [-0.15, -0.1) is 0 Å². The quantitative estimate of drug-likeness (QED) is 0.878. The highest BCUT2D eigenvalue weighted by atomic mass is 79.9. The third-order valence-electron chi connectivity index (χ3n) is 3.15. The second-order valence-electron chi connectivity index (χ2n) is 5.68. The molecule has 1 aromatic rings. The van der Waals surface area contributed by atoms with Gasteiger partial charge in [0, 0.05) is 17.1 Å². The molecule has 0 aromatic heterocycles. The second-order valence-corrected chi connectivity index (χ2v) is 8.21. The first kappa shape index (κ1) is 16.6. The van der Waals surface area contributed by atoms with Gasteiger partial charge in [-0.2, -0.15) is 0 Å². The molecule has 0 bridgehead atoms. The van der Waals surface area contributed by atoms with Gasteiger partial charge >= 0.3 is 0 Å². The smallest absolute Gasteiger partial charge is 0.241 e. The lowest BCUT2D eigenvalue weighted by Crippen LogP contribution is -2.41. The first-order chi connectivity index (χ1) is 8.58. The molecule has 0 aliphatic rings. The number of hydrogen-bond acceptors (Lipinski definition) is 3. The van der Waals surface area contributed by atoms with Gasteiger partial charge in [-0.25, -0.2) is 13.1 Å². The monoisotopic (exact) mass is 348 g/mol. The minimum Gasteiger partial charge on any atom is -0.326 e. The van der Waals surface area contributed by atoms with Crippen molar-refractivity contribution in [2.75, 3.05) is 0 Å². The second kappa shape index (κ2) is 5.91. The van der Waals surface area contributed by atoms with E-state index in [2.05, 4.69) is 20.7 Å². The Bertz CT molecular complexity index is 550. The van der Waals surface area contributed by atoms with E-state index in [4.69, 9.17) is 5.73 Å². The molecule has 0 heterocycles. The van der Waals surface area contributed by atoms with Crippen LogP contribution in [0.2, 0.25) is 0 Å². The number of benzene rings is 1. The maximum absolute atomic E-state index is 12.3. The van der Waals surface area contributed by atoms with E-state index in [1.165, 1.54) is 0 Å². The van der Waals surface area contributed by atoms with Gasteiger partial charge in [0.25, 0.3) is 0 Å². The standard InChI is InChI=1S/C13H21BrN2O2S/c1-9(13(2,3)4)16-19(17,18)12-6-5-10(8-15)7-11(12)14/h5-7,9,16H,8,15H2,1-4H3. The van der Waals surface area contributed by atoms with Crippen molar-refractivity contribution in [3.63, 3.8) is 0 Å². The van der Waals surface area contributed by atoms with Crippen LogP contribution in [0.4, 0.5) is 0 Å². The summed E-state index contributed by atoms with van der Waals surface area (Å²) >= 11 is 3.29. The third-order valence-corrected chi connectivity index (χ3v) is 5.67. The Balaban J connectivity index is 3.08. The van der Waals surface area contributed by atoms with E-state index in [9.17, 15) is 8.42 Å². The fourth-order valence-corrected chi connectivity index (χ4v) is 3.94. The molecule has 0 saturated carbocycles. The molecule has 0 amide bonds. The van der Waals surface area contributed by atoms with E-state index in [0.29, 0.717) is 11.0 Å². The highest BCUT2D eigenvalue weighted by Crippen LogP contribution is 2.25. The van der Waals surface area contributed by atoms with E-state index in [-0.39, 0.29) is 16.4 Å². The molecule has 3 N–H and O–H groups in total. The van der Waals surface area contributed by atoms with Crippen molar-refractivity contribution in [1.29, 1.82) is 0 Å². The zero-order valence-electron chi connectivity index (χ0n) is 11.7. The molecule has 108 valence electrons. The number of sulfonamides is 1. The minimum atomic E-state index is -3.54. The first-order valence-corrected chi connectivity index (χ1v) is 8.36. The predicted octanol–water partition coefficient (Wildman–Crippen LogP) is 2.62. The Kier molecular flexibility index (Phi) is 5.17. The van der Waals surface area contributed by atoms with E-state index in [1.54, 1.807) is 18.2 Å². The van der Waals surface area contributed by atoms with Crippen molar-refractivity contribution in [1.82, 2.24) is 4.72 Å². The molecule has 0 fully saturated rings. The average molecular weight is 349 g/mol. The Morgan fingerprint density at radius 3 is 2.37 bits per heavy atom. The zero-order chi connectivity index (χ0) is 14.8. The van der Waals surface area contributed by atoms with Crippen LogP contribution < -0.4 is 10.5 Å². The van der Waals surface area contributed by atoms with Gasteiger partial charge < -0.3 is 5.73 Å². The molecule has 4 nitrogen and oxygen atoms in total. The van der Waals surface area contributed by atoms with E-state index in [0.717, 1.165) is 5.56 Å². The summed E-state index contributed by atoms with van der Waals surface area (Å²) in [7, 11) is -3.54. The lowest BCUT2D eigenvalue weighted by atomic mass is 9.89. The third kappa shape index (κ3) is 4.27. The van der Waals surface area contributed by atoms with E-state index < -0.39 is 10.0 Å². The Morgan fingerprint density at radius 1 is 1.37 bits per heavy atom. The molecule has 0 radical (unpaired) electrons. The summed E-state index contributed by atoms with van der Waals surface area (Å²) in [6.07, 6.45) is 0. The Labute approximate surface area is 124 Å².